The van der Waals surface area contributed by atoms with Gasteiger partial charge >= 0.3 is 0 Å². The number of halogens is 1. The van der Waals surface area contributed by atoms with E-state index in [1.54, 1.807) is 13.8 Å². The highest BCUT2D eigenvalue weighted by molar-refractivity contribution is 4.86. The molecule has 0 saturated carbocycles. The van der Waals surface area contributed by atoms with Gasteiger partial charge in [-0.25, -0.2) is 4.39 Å². The molecule has 0 radical (unpaired) electrons. The van der Waals surface area contributed by atoms with Crippen LogP contribution in [0.5, 0.6) is 0 Å². The molecule has 0 aromatic rings. The van der Waals surface area contributed by atoms with Gasteiger partial charge in [0, 0.05) is 12.3 Å². The summed E-state index contributed by atoms with van der Waals surface area (Å²) >= 11 is 0. The fourth-order valence-corrected chi connectivity index (χ4v) is 1.29. The van der Waals surface area contributed by atoms with Crippen LogP contribution in [0.4, 0.5) is 4.39 Å². The Balaban J connectivity index is 4.16. The fourth-order valence-electron chi connectivity index (χ4n) is 1.29. The zero-order valence-corrected chi connectivity index (χ0v) is 8.39. The van der Waals surface area contributed by atoms with Gasteiger partial charge in [-0.3, -0.25) is 0 Å². The first-order chi connectivity index (χ1) is 5.38. The Morgan fingerprint density at radius 1 is 1.42 bits per heavy atom. The first-order valence-corrected chi connectivity index (χ1v) is 4.43. The molecule has 0 aromatic heterocycles. The number of rotatable bonds is 4. The molecule has 0 heterocycles. The van der Waals surface area contributed by atoms with Crippen molar-refractivity contribution in [3.63, 3.8) is 0 Å². The number of hydrogen-bond acceptors (Lipinski definition) is 1. The first kappa shape index (κ1) is 11.4. The van der Waals surface area contributed by atoms with Gasteiger partial charge in [0.05, 0.1) is 6.07 Å². The van der Waals surface area contributed by atoms with Crippen molar-refractivity contribution in [2.75, 3.05) is 0 Å². The molecule has 1 atom stereocenters. The summed E-state index contributed by atoms with van der Waals surface area (Å²) in [7, 11) is 0. The molecule has 1 unspecified atom stereocenters. The van der Waals surface area contributed by atoms with E-state index in [1.165, 1.54) is 0 Å². The molecule has 0 bridgehead atoms. The maximum absolute atomic E-state index is 13.4. The van der Waals surface area contributed by atoms with Gasteiger partial charge in [0.15, 0.2) is 0 Å². The van der Waals surface area contributed by atoms with Crippen LogP contribution >= 0.6 is 0 Å². The molecule has 1 nitrogen and oxygen atoms in total. The molecule has 0 spiro atoms. The number of alkyl halides is 1. The molecule has 0 saturated heterocycles. The smallest absolute Gasteiger partial charge is 0.109 e. The zero-order chi connectivity index (χ0) is 9.78. The second-order valence-electron chi connectivity index (χ2n) is 4.25. The molecule has 0 fully saturated rings. The lowest BCUT2D eigenvalue weighted by Crippen LogP contribution is -2.26. The van der Waals surface area contributed by atoms with Gasteiger partial charge < -0.3 is 0 Å². The van der Waals surface area contributed by atoms with Crippen molar-refractivity contribution in [1.82, 2.24) is 0 Å². The van der Waals surface area contributed by atoms with Crippen LogP contribution < -0.4 is 0 Å². The molecular formula is C10H18FN. The second kappa shape index (κ2) is 4.45. The predicted molar refractivity (Wildman–Crippen MR) is 48.4 cm³/mol. The summed E-state index contributed by atoms with van der Waals surface area (Å²) < 4.78 is 13.4. The van der Waals surface area contributed by atoms with Gasteiger partial charge in [-0.1, -0.05) is 13.8 Å². The van der Waals surface area contributed by atoms with Gasteiger partial charge in [-0.05, 0) is 26.2 Å². The summed E-state index contributed by atoms with van der Waals surface area (Å²) in [4.78, 5) is 0. The quantitative estimate of drug-likeness (QED) is 0.636. The maximum atomic E-state index is 13.4. The van der Waals surface area contributed by atoms with Crippen LogP contribution in [0.25, 0.3) is 0 Å². The Hall–Kier alpha value is -0.580. The summed E-state index contributed by atoms with van der Waals surface area (Å²) in [6.45, 7) is 7.21. The highest BCUT2D eigenvalue weighted by atomic mass is 19.1. The Morgan fingerprint density at radius 3 is 2.17 bits per heavy atom. The molecule has 2 heteroatoms. The van der Waals surface area contributed by atoms with E-state index in [0.717, 1.165) is 6.42 Å². The Labute approximate surface area is 74.6 Å². The van der Waals surface area contributed by atoms with Gasteiger partial charge in [0.2, 0.25) is 0 Å². The van der Waals surface area contributed by atoms with E-state index in [-0.39, 0.29) is 5.92 Å². The Morgan fingerprint density at radius 2 is 1.92 bits per heavy atom. The van der Waals surface area contributed by atoms with Crippen molar-refractivity contribution in [1.29, 1.82) is 5.26 Å². The Bertz CT molecular complexity index is 162. The SMILES string of the molecule is CC(C)CC(CC#N)C(C)(C)F. The predicted octanol–water partition coefficient (Wildman–Crippen LogP) is 3.31. The highest BCUT2D eigenvalue weighted by Gasteiger charge is 2.29. The van der Waals surface area contributed by atoms with Gasteiger partial charge in [0.1, 0.15) is 5.67 Å². The van der Waals surface area contributed by atoms with Gasteiger partial charge in [0.25, 0.3) is 0 Å². The third-order valence-corrected chi connectivity index (χ3v) is 2.06. The summed E-state index contributed by atoms with van der Waals surface area (Å²) in [5.74, 6) is 0.334. The molecular weight excluding hydrogens is 153 g/mol. The average molecular weight is 171 g/mol. The minimum atomic E-state index is -1.22. The lowest BCUT2D eigenvalue weighted by Gasteiger charge is -2.26. The monoisotopic (exact) mass is 171 g/mol. The molecule has 12 heavy (non-hydrogen) atoms. The average Bonchev–Trinajstić information content (AvgIpc) is 1.83. The minimum absolute atomic E-state index is 0.123. The van der Waals surface area contributed by atoms with E-state index >= 15 is 0 Å². The fraction of sp³-hybridized carbons (Fsp3) is 0.900. The van der Waals surface area contributed by atoms with Crippen molar-refractivity contribution in [3.05, 3.63) is 0 Å². The highest BCUT2D eigenvalue weighted by Crippen LogP contribution is 2.29. The molecule has 70 valence electrons. The number of nitriles is 1. The van der Waals surface area contributed by atoms with Crippen LogP contribution in [-0.4, -0.2) is 5.67 Å². The van der Waals surface area contributed by atoms with E-state index in [9.17, 15) is 4.39 Å². The lowest BCUT2D eigenvalue weighted by atomic mass is 9.83. The van der Waals surface area contributed by atoms with Crippen molar-refractivity contribution in [2.45, 2.75) is 46.2 Å². The van der Waals surface area contributed by atoms with E-state index in [1.807, 2.05) is 6.07 Å². The number of nitrogens with zero attached hydrogens (tertiary/aromatic N) is 1. The second-order valence-corrected chi connectivity index (χ2v) is 4.25. The van der Waals surface area contributed by atoms with Crippen molar-refractivity contribution >= 4 is 0 Å². The first-order valence-electron chi connectivity index (χ1n) is 4.43. The van der Waals surface area contributed by atoms with Crippen molar-refractivity contribution < 1.29 is 4.39 Å². The molecule has 0 aliphatic heterocycles. The summed E-state index contributed by atoms with van der Waals surface area (Å²) in [5.41, 5.74) is -1.22. The van der Waals surface area contributed by atoms with E-state index in [2.05, 4.69) is 13.8 Å². The van der Waals surface area contributed by atoms with E-state index in [4.69, 9.17) is 5.26 Å². The third kappa shape index (κ3) is 4.33. The van der Waals surface area contributed by atoms with Crippen LogP contribution in [0.1, 0.15) is 40.5 Å². The van der Waals surface area contributed by atoms with E-state index < -0.39 is 5.67 Å². The normalized spacial score (nSPS) is 14.4. The van der Waals surface area contributed by atoms with Crippen LogP contribution in [0.15, 0.2) is 0 Å². The minimum Gasteiger partial charge on any atom is -0.244 e. The zero-order valence-electron chi connectivity index (χ0n) is 8.39. The third-order valence-electron chi connectivity index (χ3n) is 2.06. The van der Waals surface area contributed by atoms with Crippen LogP contribution in [0, 0.1) is 23.2 Å². The molecule has 0 amide bonds. The maximum Gasteiger partial charge on any atom is 0.109 e. The summed E-state index contributed by atoms with van der Waals surface area (Å²) in [5, 5.41) is 8.50. The van der Waals surface area contributed by atoms with E-state index in [0.29, 0.717) is 12.3 Å². The van der Waals surface area contributed by atoms with Crippen LogP contribution in [0.3, 0.4) is 0 Å². The van der Waals surface area contributed by atoms with Gasteiger partial charge in [-0.2, -0.15) is 5.26 Å². The standard InChI is InChI=1S/C10H18FN/c1-8(2)7-9(5-6-12)10(3,4)11/h8-9H,5,7H2,1-4H3. The molecule has 0 aromatic carbocycles. The molecule has 0 rings (SSSR count). The van der Waals surface area contributed by atoms with Crippen molar-refractivity contribution in [2.24, 2.45) is 11.8 Å². The topological polar surface area (TPSA) is 23.8 Å². The largest absolute Gasteiger partial charge is 0.244 e. The lowest BCUT2D eigenvalue weighted by molar-refractivity contribution is 0.110. The summed E-state index contributed by atoms with van der Waals surface area (Å²) in [6.07, 6.45) is 1.11. The van der Waals surface area contributed by atoms with Crippen LogP contribution in [0.2, 0.25) is 0 Å². The molecule has 0 aliphatic rings. The number of hydrogen-bond donors (Lipinski definition) is 0. The van der Waals surface area contributed by atoms with Crippen molar-refractivity contribution in [3.8, 4) is 6.07 Å². The Kier molecular flexibility index (Phi) is 4.23. The summed E-state index contributed by atoms with van der Waals surface area (Å²) in [6, 6.07) is 2.04. The molecule has 0 aliphatic carbocycles. The van der Waals surface area contributed by atoms with Crippen LogP contribution in [-0.2, 0) is 0 Å². The van der Waals surface area contributed by atoms with Gasteiger partial charge in [-0.15, -0.1) is 0 Å². The molecule has 0 N–H and O–H groups in total.